The van der Waals surface area contributed by atoms with Crippen molar-refractivity contribution in [3.05, 3.63) is 33.8 Å². The molecule has 2 aromatic rings. The van der Waals surface area contributed by atoms with Crippen molar-refractivity contribution in [2.45, 2.75) is 19.8 Å². The van der Waals surface area contributed by atoms with Gasteiger partial charge in [-0.25, -0.2) is 4.98 Å². The summed E-state index contributed by atoms with van der Waals surface area (Å²) < 4.78 is 2.39. The van der Waals surface area contributed by atoms with Gasteiger partial charge in [-0.3, -0.25) is 4.90 Å². The molecule has 1 aliphatic heterocycles. The fourth-order valence-corrected chi connectivity index (χ4v) is 4.05. The Morgan fingerprint density at radius 2 is 2.32 bits per heavy atom. The minimum Gasteiger partial charge on any atom is -0.299 e. The largest absolute Gasteiger partial charge is 0.299 e. The van der Waals surface area contributed by atoms with E-state index in [4.69, 9.17) is 4.98 Å². The Hall–Kier alpha value is -0.710. The van der Waals surface area contributed by atoms with Crippen LogP contribution in [-0.4, -0.2) is 29.5 Å². The number of benzene rings is 1. The third-order valence-corrected chi connectivity index (χ3v) is 5.05. The summed E-state index contributed by atoms with van der Waals surface area (Å²) in [5, 5.41) is 1.20. The van der Waals surface area contributed by atoms with E-state index in [9.17, 15) is 0 Å². The molecule has 2 nitrogen and oxygen atoms in total. The minimum absolute atomic E-state index is 1.07. The van der Waals surface area contributed by atoms with Crippen LogP contribution in [0.4, 0.5) is 0 Å². The van der Waals surface area contributed by atoms with Gasteiger partial charge < -0.3 is 0 Å². The molecular weight excluding hydrogens is 320 g/mol. The van der Waals surface area contributed by atoms with Crippen molar-refractivity contribution in [2.75, 3.05) is 19.6 Å². The van der Waals surface area contributed by atoms with Gasteiger partial charge in [0.25, 0.3) is 0 Å². The number of hydrogen-bond acceptors (Lipinski definition) is 3. The summed E-state index contributed by atoms with van der Waals surface area (Å²) in [6.45, 7) is 5.68. The van der Waals surface area contributed by atoms with Crippen LogP contribution in [-0.2, 0) is 0 Å². The maximum atomic E-state index is 4.76. The fraction of sp³-hybridized carbons (Fsp3) is 0.400. The van der Waals surface area contributed by atoms with Gasteiger partial charge >= 0.3 is 0 Å². The molecule has 1 aliphatic rings. The fourth-order valence-electron chi connectivity index (χ4n) is 2.46. The number of rotatable bonds is 3. The van der Waals surface area contributed by atoms with Gasteiger partial charge in [0.2, 0.25) is 0 Å². The maximum Gasteiger partial charge on any atom is 0.120 e. The Morgan fingerprint density at radius 3 is 3.05 bits per heavy atom. The van der Waals surface area contributed by atoms with Crippen LogP contribution in [0.25, 0.3) is 15.8 Å². The van der Waals surface area contributed by atoms with Crippen molar-refractivity contribution in [2.24, 2.45) is 0 Å². The zero-order valence-electron chi connectivity index (χ0n) is 11.0. The Kier molecular flexibility index (Phi) is 4.01. The highest BCUT2D eigenvalue weighted by Crippen LogP contribution is 2.31. The van der Waals surface area contributed by atoms with E-state index in [2.05, 4.69) is 52.0 Å². The first-order valence-electron chi connectivity index (χ1n) is 6.74. The molecule has 100 valence electrons. The lowest BCUT2D eigenvalue weighted by atomic mass is 10.1. The second-order valence-electron chi connectivity index (χ2n) is 4.91. The molecule has 19 heavy (non-hydrogen) atoms. The number of halogens is 1. The molecule has 0 fully saturated rings. The number of fused-ring (bicyclic) bond motifs is 1. The van der Waals surface area contributed by atoms with E-state index in [0.717, 1.165) is 23.0 Å². The van der Waals surface area contributed by atoms with Gasteiger partial charge in [-0.1, -0.05) is 28.9 Å². The standard InChI is InChI=1S/C15H17BrN2S/c1-2-7-18-8-5-11(6-9-18)15-17-13-4-3-12(16)10-14(13)19-15/h3-5,10H,2,6-9H2,1H3. The molecule has 0 aliphatic carbocycles. The van der Waals surface area contributed by atoms with Gasteiger partial charge in [0.15, 0.2) is 0 Å². The third kappa shape index (κ3) is 2.91. The number of nitrogens with zero attached hydrogens (tertiary/aromatic N) is 2. The first-order chi connectivity index (χ1) is 9.26. The molecule has 0 bridgehead atoms. The van der Waals surface area contributed by atoms with E-state index >= 15 is 0 Å². The summed E-state index contributed by atoms with van der Waals surface area (Å²) >= 11 is 5.33. The average Bonchev–Trinajstić information content (AvgIpc) is 2.83. The zero-order chi connectivity index (χ0) is 13.2. The van der Waals surface area contributed by atoms with E-state index in [1.165, 1.54) is 34.8 Å². The summed E-state index contributed by atoms with van der Waals surface area (Å²) in [7, 11) is 0. The molecule has 0 N–H and O–H groups in total. The lowest BCUT2D eigenvalue weighted by Crippen LogP contribution is -2.29. The molecule has 4 heteroatoms. The predicted molar refractivity (Wildman–Crippen MR) is 86.6 cm³/mol. The minimum atomic E-state index is 1.07. The molecule has 3 rings (SSSR count). The van der Waals surface area contributed by atoms with Gasteiger partial charge in [0.1, 0.15) is 5.01 Å². The van der Waals surface area contributed by atoms with Crippen LogP contribution in [0.3, 0.4) is 0 Å². The maximum absolute atomic E-state index is 4.76. The Morgan fingerprint density at radius 1 is 1.42 bits per heavy atom. The van der Waals surface area contributed by atoms with Gasteiger partial charge in [-0.05, 0) is 43.2 Å². The van der Waals surface area contributed by atoms with Crippen molar-refractivity contribution < 1.29 is 0 Å². The monoisotopic (exact) mass is 336 g/mol. The van der Waals surface area contributed by atoms with Crippen LogP contribution >= 0.6 is 27.3 Å². The highest BCUT2D eigenvalue weighted by Gasteiger charge is 2.15. The summed E-state index contributed by atoms with van der Waals surface area (Å²) in [5.74, 6) is 0. The van der Waals surface area contributed by atoms with Crippen LogP contribution in [0.15, 0.2) is 28.7 Å². The highest BCUT2D eigenvalue weighted by atomic mass is 79.9. The van der Waals surface area contributed by atoms with E-state index in [1.54, 1.807) is 11.3 Å². The summed E-state index contributed by atoms with van der Waals surface area (Å²) in [6.07, 6.45) is 4.71. The van der Waals surface area contributed by atoms with Gasteiger partial charge in [0, 0.05) is 17.6 Å². The SMILES string of the molecule is CCCN1CC=C(c2nc3ccc(Br)cc3s2)CC1. The second kappa shape index (κ2) is 5.73. The third-order valence-electron chi connectivity index (χ3n) is 3.46. The molecule has 2 heterocycles. The van der Waals surface area contributed by atoms with Crippen LogP contribution in [0.5, 0.6) is 0 Å². The van der Waals surface area contributed by atoms with Crippen molar-refractivity contribution in [3.63, 3.8) is 0 Å². The Balaban J connectivity index is 1.85. The average molecular weight is 337 g/mol. The van der Waals surface area contributed by atoms with Gasteiger partial charge in [-0.15, -0.1) is 11.3 Å². The molecule has 0 amide bonds. The van der Waals surface area contributed by atoms with Crippen LogP contribution in [0.1, 0.15) is 24.8 Å². The van der Waals surface area contributed by atoms with Crippen molar-refractivity contribution in [1.29, 1.82) is 0 Å². The number of hydrogen-bond donors (Lipinski definition) is 0. The second-order valence-corrected chi connectivity index (χ2v) is 6.86. The van der Waals surface area contributed by atoms with Crippen molar-refractivity contribution in [3.8, 4) is 0 Å². The van der Waals surface area contributed by atoms with Gasteiger partial charge in [0.05, 0.1) is 10.2 Å². The summed E-state index contributed by atoms with van der Waals surface area (Å²) in [6, 6.07) is 6.31. The topological polar surface area (TPSA) is 16.1 Å². The molecule has 0 saturated heterocycles. The van der Waals surface area contributed by atoms with Gasteiger partial charge in [-0.2, -0.15) is 0 Å². The van der Waals surface area contributed by atoms with E-state index < -0.39 is 0 Å². The summed E-state index contributed by atoms with van der Waals surface area (Å²) in [5.41, 5.74) is 2.53. The van der Waals surface area contributed by atoms with Crippen LogP contribution in [0.2, 0.25) is 0 Å². The molecule has 1 aromatic heterocycles. The highest BCUT2D eigenvalue weighted by molar-refractivity contribution is 9.10. The normalized spacial score (nSPS) is 16.8. The van der Waals surface area contributed by atoms with Crippen LogP contribution in [0, 0.1) is 0 Å². The number of thiazole rings is 1. The molecule has 0 atom stereocenters. The molecule has 1 aromatic carbocycles. The molecule has 0 radical (unpaired) electrons. The molecule has 0 spiro atoms. The van der Waals surface area contributed by atoms with E-state index in [0.29, 0.717) is 0 Å². The Labute approximate surface area is 126 Å². The lowest BCUT2D eigenvalue weighted by molar-refractivity contribution is 0.302. The molecular formula is C15H17BrN2S. The molecule has 0 unspecified atom stereocenters. The first kappa shape index (κ1) is 13.3. The first-order valence-corrected chi connectivity index (χ1v) is 8.35. The zero-order valence-corrected chi connectivity index (χ0v) is 13.4. The molecule has 0 saturated carbocycles. The van der Waals surface area contributed by atoms with Crippen molar-refractivity contribution >= 4 is 43.1 Å². The Bertz CT molecular complexity index is 618. The lowest BCUT2D eigenvalue weighted by Gasteiger charge is -2.24. The van der Waals surface area contributed by atoms with Crippen molar-refractivity contribution in [1.82, 2.24) is 9.88 Å². The van der Waals surface area contributed by atoms with E-state index in [-0.39, 0.29) is 0 Å². The van der Waals surface area contributed by atoms with Crippen LogP contribution < -0.4 is 0 Å². The summed E-state index contributed by atoms with van der Waals surface area (Å²) in [4.78, 5) is 7.27. The van der Waals surface area contributed by atoms with E-state index in [1.807, 2.05) is 0 Å². The predicted octanol–water partition coefficient (Wildman–Crippen LogP) is 4.56. The quantitative estimate of drug-likeness (QED) is 0.816. The smallest absolute Gasteiger partial charge is 0.120 e. The number of aromatic nitrogens is 1.